The zero-order valence-corrected chi connectivity index (χ0v) is 36.5. The number of rotatable bonds is 5. The molecular formula is C63H45N3. The monoisotopic (exact) mass is 843 g/mol. The first-order valence-corrected chi connectivity index (χ1v) is 22.4. The molecule has 12 rings (SSSR count). The second kappa shape index (κ2) is 17.1. The van der Waals surface area contributed by atoms with E-state index in [-0.39, 0.29) is 5.84 Å². The van der Waals surface area contributed by atoms with Crippen molar-refractivity contribution in [3.63, 3.8) is 0 Å². The molecule has 0 saturated carbocycles. The van der Waals surface area contributed by atoms with Crippen molar-refractivity contribution >= 4 is 76.3 Å². The van der Waals surface area contributed by atoms with E-state index in [9.17, 15) is 0 Å². The minimum absolute atomic E-state index is 0.135. The van der Waals surface area contributed by atoms with Crippen LogP contribution in [-0.2, 0) is 0 Å². The van der Waals surface area contributed by atoms with E-state index in [1.165, 1.54) is 70.9 Å². The molecule has 0 heterocycles. The number of nitrogens with two attached hydrogens (primary N) is 1. The van der Waals surface area contributed by atoms with Crippen LogP contribution in [0, 0.1) is 12.3 Å². The lowest BCUT2D eigenvalue weighted by Crippen LogP contribution is -2.16. The first kappa shape index (κ1) is 40.1. The maximum absolute atomic E-state index is 9.11. The number of hydrogen-bond acceptors (Lipinski definition) is 1. The number of fused-ring (bicyclic) bond motifs is 6. The number of amidine groups is 2. The third-order valence-electron chi connectivity index (χ3n) is 13.0. The second-order valence-electron chi connectivity index (χ2n) is 16.8. The lowest BCUT2D eigenvalue weighted by atomic mass is 9.91. The van der Waals surface area contributed by atoms with Crippen molar-refractivity contribution in [1.82, 2.24) is 0 Å². The van der Waals surface area contributed by atoms with Crippen LogP contribution in [0.1, 0.15) is 16.7 Å². The maximum Gasteiger partial charge on any atom is 0.154 e. The Morgan fingerprint density at radius 1 is 0.303 bits per heavy atom. The molecule has 0 aromatic heterocycles. The molecule has 12 aromatic rings. The van der Waals surface area contributed by atoms with Crippen molar-refractivity contribution in [3.8, 4) is 33.4 Å². The summed E-state index contributed by atoms with van der Waals surface area (Å²) in [7, 11) is 0. The zero-order chi connectivity index (χ0) is 44.6. The summed E-state index contributed by atoms with van der Waals surface area (Å²) in [5.41, 5.74) is 16.8. The van der Waals surface area contributed by atoms with Crippen LogP contribution >= 0.6 is 0 Å². The quantitative estimate of drug-likeness (QED) is 0.132. The van der Waals surface area contributed by atoms with Gasteiger partial charge in [0.2, 0.25) is 0 Å². The number of benzene rings is 12. The van der Waals surface area contributed by atoms with Crippen LogP contribution in [0.3, 0.4) is 0 Å². The van der Waals surface area contributed by atoms with Crippen LogP contribution in [0.4, 0.5) is 0 Å². The van der Waals surface area contributed by atoms with Gasteiger partial charge in [-0.1, -0.05) is 231 Å². The summed E-state index contributed by atoms with van der Waals surface area (Å²) in [5.74, 6) is 0.457. The van der Waals surface area contributed by atoms with Gasteiger partial charge >= 0.3 is 0 Å². The smallest absolute Gasteiger partial charge is 0.154 e. The van der Waals surface area contributed by atoms with Gasteiger partial charge in [-0.05, 0) is 117 Å². The molecule has 0 unspecified atom stereocenters. The molecule has 12 aromatic carbocycles. The van der Waals surface area contributed by atoms with Crippen molar-refractivity contribution in [1.29, 1.82) is 5.41 Å². The Kier molecular flexibility index (Phi) is 10.4. The number of nitrogens with one attached hydrogen (secondary N) is 1. The molecule has 0 radical (unpaired) electrons. The van der Waals surface area contributed by atoms with E-state index in [0.717, 1.165) is 43.8 Å². The summed E-state index contributed by atoms with van der Waals surface area (Å²) in [6.07, 6.45) is 0. The Morgan fingerprint density at radius 2 is 0.606 bits per heavy atom. The van der Waals surface area contributed by atoms with Crippen LogP contribution in [-0.4, -0.2) is 11.7 Å². The van der Waals surface area contributed by atoms with E-state index < -0.39 is 0 Å². The Balaban J connectivity index is 0.000000191. The highest BCUT2D eigenvalue weighted by molar-refractivity contribution is 6.21. The van der Waals surface area contributed by atoms with Gasteiger partial charge < -0.3 is 5.73 Å². The summed E-state index contributed by atoms with van der Waals surface area (Å²) in [6, 6.07) is 82.8. The van der Waals surface area contributed by atoms with Crippen molar-refractivity contribution < 1.29 is 0 Å². The van der Waals surface area contributed by atoms with Crippen LogP contribution < -0.4 is 5.73 Å². The van der Waals surface area contributed by atoms with Gasteiger partial charge in [-0.25, -0.2) is 4.99 Å². The van der Waals surface area contributed by atoms with Crippen LogP contribution in [0.25, 0.3) is 98.0 Å². The van der Waals surface area contributed by atoms with Crippen molar-refractivity contribution in [2.75, 3.05) is 0 Å². The molecule has 312 valence electrons. The lowest BCUT2D eigenvalue weighted by molar-refractivity contribution is 1.41. The van der Waals surface area contributed by atoms with Gasteiger partial charge in [-0.3, -0.25) is 5.41 Å². The van der Waals surface area contributed by atoms with E-state index >= 15 is 0 Å². The number of nitrogens with zero attached hydrogens (tertiary/aromatic N) is 1. The minimum Gasteiger partial charge on any atom is -0.383 e. The first-order valence-electron chi connectivity index (χ1n) is 22.4. The molecule has 3 heteroatoms. The molecule has 0 spiro atoms. The largest absolute Gasteiger partial charge is 0.383 e. The summed E-state index contributed by atoms with van der Waals surface area (Å²) in [5, 5.41) is 23.3. The standard InChI is InChI=1S/C42H29N3.C21H16/c43-41(39-25-23-37(33-17-5-7-19-35(33)39)31-21-9-13-27-11-1-3-15-29(27)31)45-42(44)40-26-24-38(34-18-6-8-20-36(34)40)32-22-10-14-28-12-2-4-16-30(28)32;1-15-13-14-21(19-11-5-4-9-17(15)19)20-12-6-8-16-7-2-3-10-18(16)20/h1-26H,(H3,43,44,45);2-14H,1H3. The number of hydrogen-bond donors (Lipinski definition) is 2. The molecule has 0 aliphatic heterocycles. The predicted octanol–water partition coefficient (Wildman–Crippen LogP) is 16.3. The normalized spacial score (nSPS) is 11.6. The van der Waals surface area contributed by atoms with Crippen molar-refractivity contribution in [2.24, 2.45) is 10.7 Å². The van der Waals surface area contributed by atoms with E-state index in [1.807, 2.05) is 30.3 Å². The highest BCUT2D eigenvalue weighted by Crippen LogP contribution is 2.38. The fourth-order valence-electron chi connectivity index (χ4n) is 9.80. The van der Waals surface area contributed by atoms with E-state index in [1.54, 1.807) is 0 Å². The molecule has 0 aliphatic rings. The van der Waals surface area contributed by atoms with Gasteiger partial charge in [-0.2, -0.15) is 0 Å². The zero-order valence-electron chi connectivity index (χ0n) is 36.5. The summed E-state index contributed by atoms with van der Waals surface area (Å²) < 4.78 is 0. The topological polar surface area (TPSA) is 62.2 Å². The lowest BCUT2D eigenvalue weighted by Gasteiger charge is -2.15. The third-order valence-corrected chi connectivity index (χ3v) is 13.0. The molecule has 0 atom stereocenters. The Morgan fingerprint density at radius 3 is 1.06 bits per heavy atom. The van der Waals surface area contributed by atoms with E-state index in [0.29, 0.717) is 5.84 Å². The molecule has 0 saturated heterocycles. The fraction of sp³-hybridized carbons (Fsp3) is 0.0159. The van der Waals surface area contributed by atoms with Gasteiger partial charge in [0.05, 0.1) is 0 Å². The van der Waals surface area contributed by atoms with Gasteiger partial charge in [0.1, 0.15) is 5.84 Å². The number of aliphatic imine (C=N–C) groups is 1. The Hall–Kier alpha value is -8.66. The molecule has 0 bridgehead atoms. The molecule has 0 aliphatic carbocycles. The predicted molar refractivity (Wildman–Crippen MR) is 283 cm³/mol. The molecule has 3 nitrogen and oxygen atoms in total. The highest BCUT2D eigenvalue weighted by atomic mass is 14.9. The first-order chi connectivity index (χ1) is 32.5. The average molecular weight is 844 g/mol. The van der Waals surface area contributed by atoms with E-state index in [2.05, 4.69) is 213 Å². The molecule has 3 N–H and O–H groups in total. The van der Waals surface area contributed by atoms with Crippen molar-refractivity contribution in [3.05, 3.63) is 253 Å². The molecular weight excluding hydrogens is 799 g/mol. The Labute approximate surface area is 384 Å². The minimum atomic E-state index is 0.135. The molecule has 0 fully saturated rings. The van der Waals surface area contributed by atoms with Gasteiger partial charge in [0.25, 0.3) is 0 Å². The van der Waals surface area contributed by atoms with Crippen LogP contribution in [0.5, 0.6) is 0 Å². The number of aryl methyl sites for hydroxylation is 1. The fourth-order valence-corrected chi connectivity index (χ4v) is 9.80. The second-order valence-corrected chi connectivity index (χ2v) is 16.8. The van der Waals surface area contributed by atoms with Crippen LogP contribution in [0.15, 0.2) is 242 Å². The molecule has 0 amide bonds. The van der Waals surface area contributed by atoms with Gasteiger partial charge in [0.15, 0.2) is 5.84 Å². The van der Waals surface area contributed by atoms with E-state index in [4.69, 9.17) is 16.1 Å². The average Bonchev–Trinajstić information content (AvgIpc) is 3.38. The maximum atomic E-state index is 9.11. The van der Waals surface area contributed by atoms with Gasteiger partial charge in [-0.15, -0.1) is 0 Å². The summed E-state index contributed by atoms with van der Waals surface area (Å²) in [6.45, 7) is 2.18. The summed E-state index contributed by atoms with van der Waals surface area (Å²) >= 11 is 0. The molecule has 66 heavy (non-hydrogen) atoms. The third kappa shape index (κ3) is 7.23. The van der Waals surface area contributed by atoms with Crippen molar-refractivity contribution in [2.45, 2.75) is 6.92 Å². The highest BCUT2D eigenvalue weighted by Gasteiger charge is 2.16. The Bertz CT molecular complexity index is 3860. The SMILES string of the molecule is Cc1ccc(-c2cccc3ccccc23)c2ccccc12.N=C(N=C(N)c1ccc(-c2cccc3ccccc23)c2ccccc12)c1ccc(-c2cccc3ccccc23)c2ccccc12. The summed E-state index contributed by atoms with van der Waals surface area (Å²) in [4.78, 5) is 4.70. The van der Waals surface area contributed by atoms with Crippen LogP contribution in [0.2, 0.25) is 0 Å². The van der Waals surface area contributed by atoms with Gasteiger partial charge in [0, 0.05) is 11.1 Å².